The molecule has 2 aliphatic heterocycles. The first-order valence-corrected chi connectivity index (χ1v) is 12.3. The third-order valence-corrected chi connectivity index (χ3v) is 8.25. The van der Waals surface area contributed by atoms with Crippen LogP contribution in [0.1, 0.15) is 71.5 Å². The van der Waals surface area contributed by atoms with Gasteiger partial charge in [-0.25, -0.2) is 0 Å². The summed E-state index contributed by atoms with van der Waals surface area (Å²) in [6.45, 7) is 5.17. The normalized spacial score (nSPS) is 23.8. The summed E-state index contributed by atoms with van der Waals surface area (Å²) in [6.07, 6.45) is 11.0. The van der Waals surface area contributed by atoms with Crippen LogP contribution in [0.25, 0.3) is 0 Å². The minimum absolute atomic E-state index is 0.0854. The molecule has 3 aliphatic rings. The summed E-state index contributed by atoms with van der Waals surface area (Å²) in [4.78, 5) is 17.8. The number of amides is 1. The van der Waals surface area contributed by atoms with Gasteiger partial charge in [0.25, 0.3) is 5.91 Å². The maximum absolute atomic E-state index is 13.0. The monoisotopic (exact) mass is 420 g/mol. The summed E-state index contributed by atoms with van der Waals surface area (Å²) >= 11 is 1.71. The van der Waals surface area contributed by atoms with Gasteiger partial charge in [-0.2, -0.15) is 0 Å². The van der Waals surface area contributed by atoms with Gasteiger partial charge in [-0.3, -0.25) is 4.79 Å². The number of aryl methyl sites for hydroxylation is 2. The molecule has 1 amide bonds. The summed E-state index contributed by atoms with van der Waals surface area (Å²) in [7, 11) is 0. The Balaban J connectivity index is 1.38. The van der Waals surface area contributed by atoms with Crippen molar-refractivity contribution in [3.05, 3.63) is 21.4 Å². The Morgan fingerprint density at radius 3 is 2.66 bits per heavy atom. The molecule has 1 aromatic rings. The van der Waals surface area contributed by atoms with Crippen molar-refractivity contribution in [1.82, 2.24) is 10.2 Å². The van der Waals surface area contributed by atoms with Crippen molar-refractivity contribution < 1.29 is 14.6 Å². The Kier molecular flexibility index (Phi) is 7.27. The summed E-state index contributed by atoms with van der Waals surface area (Å²) in [5, 5.41) is 13.1. The second kappa shape index (κ2) is 9.90. The molecule has 0 bridgehead atoms. The predicted molar refractivity (Wildman–Crippen MR) is 117 cm³/mol. The fourth-order valence-electron chi connectivity index (χ4n) is 5.06. The van der Waals surface area contributed by atoms with Gasteiger partial charge in [0.2, 0.25) is 0 Å². The van der Waals surface area contributed by atoms with Gasteiger partial charge in [0.15, 0.2) is 0 Å². The van der Waals surface area contributed by atoms with E-state index in [1.807, 2.05) is 0 Å². The zero-order valence-electron chi connectivity index (χ0n) is 17.6. The summed E-state index contributed by atoms with van der Waals surface area (Å²) in [5.74, 6) is 0.0988. The molecule has 0 saturated carbocycles. The lowest BCUT2D eigenvalue weighted by Gasteiger charge is -2.42. The highest BCUT2D eigenvalue weighted by Crippen LogP contribution is 2.33. The van der Waals surface area contributed by atoms with Gasteiger partial charge in [-0.05, 0) is 63.0 Å². The smallest absolute Gasteiger partial charge is 0.261 e. The van der Waals surface area contributed by atoms with Crippen molar-refractivity contribution in [3.8, 4) is 0 Å². The Bertz CT molecular complexity index is 650. The first-order chi connectivity index (χ1) is 14.1. The number of fused-ring (bicyclic) bond motifs is 1. The molecule has 5 nitrogen and oxygen atoms in total. The number of hydrogen-bond donors (Lipinski definition) is 2. The molecule has 2 saturated heterocycles. The number of nitrogens with one attached hydrogen (secondary N) is 1. The zero-order valence-corrected chi connectivity index (χ0v) is 18.4. The molecule has 2 fully saturated rings. The maximum atomic E-state index is 13.0. The quantitative estimate of drug-likeness (QED) is 0.767. The Hall–Kier alpha value is -0.950. The zero-order chi connectivity index (χ0) is 20.1. The van der Waals surface area contributed by atoms with Crippen molar-refractivity contribution in [2.24, 2.45) is 5.41 Å². The molecule has 6 heteroatoms. The van der Waals surface area contributed by atoms with E-state index in [4.69, 9.17) is 4.74 Å². The molecule has 0 unspecified atom stereocenters. The lowest BCUT2D eigenvalue weighted by atomic mass is 9.79. The van der Waals surface area contributed by atoms with Crippen LogP contribution in [0.2, 0.25) is 0 Å². The van der Waals surface area contributed by atoms with Crippen LogP contribution in [-0.4, -0.2) is 61.4 Å². The molecule has 0 spiro atoms. The van der Waals surface area contributed by atoms with Crippen LogP contribution in [-0.2, 0) is 17.6 Å². The van der Waals surface area contributed by atoms with Gasteiger partial charge >= 0.3 is 0 Å². The third-order valence-electron chi connectivity index (χ3n) is 7.01. The van der Waals surface area contributed by atoms with E-state index >= 15 is 0 Å². The van der Waals surface area contributed by atoms with Crippen molar-refractivity contribution in [1.29, 1.82) is 0 Å². The van der Waals surface area contributed by atoms with Crippen molar-refractivity contribution in [2.45, 2.75) is 70.3 Å². The number of thiophene rings is 1. The van der Waals surface area contributed by atoms with Gasteiger partial charge in [0.05, 0.1) is 11.0 Å². The molecular formula is C23H36N2O3S. The molecule has 4 rings (SSSR count). The Morgan fingerprint density at radius 2 is 1.90 bits per heavy atom. The number of hydrogen-bond acceptors (Lipinski definition) is 5. The average Bonchev–Trinajstić information content (AvgIpc) is 3.11. The van der Waals surface area contributed by atoms with Gasteiger partial charge in [0.1, 0.15) is 0 Å². The summed E-state index contributed by atoms with van der Waals surface area (Å²) in [5.41, 5.74) is 1.50. The number of piperidine rings is 1. The number of carbonyl (C=O) groups is 1. The molecule has 2 N–H and O–H groups in total. The minimum atomic E-state index is -0.144. The fourth-order valence-corrected chi connectivity index (χ4v) is 6.23. The largest absolute Gasteiger partial charge is 0.393 e. The highest BCUT2D eigenvalue weighted by atomic mass is 32.1. The van der Waals surface area contributed by atoms with E-state index < -0.39 is 0 Å². The minimum Gasteiger partial charge on any atom is -0.393 e. The van der Waals surface area contributed by atoms with E-state index in [0.29, 0.717) is 0 Å². The van der Waals surface area contributed by atoms with Crippen LogP contribution in [0.5, 0.6) is 0 Å². The molecule has 0 atom stereocenters. The van der Waals surface area contributed by atoms with E-state index in [9.17, 15) is 9.90 Å². The van der Waals surface area contributed by atoms with Crippen molar-refractivity contribution in [3.63, 3.8) is 0 Å². The SMILES string of the molecule is O=C(NCC1(CN2CCC(O)CC2)CCOCC1)c1cc2c(s1)CCCCCC2. The van der Waals surface area contributed by atoms with Gasteiger partial charge in [0, 0.05) is 49.7 Å². The first-order valence-electron chi connectivity index (χ1n) is 11.5. The van der Waals surface area contributed by atoms with Crippen LogP contribution in [0, 0.1) is 5.41 Å². The number of likely N-dealkylation sites (tertiary alicyclic amines) is 1. The van der Waals surface area contributed by atoms with Gasteiger partial charge < -0.3 is 20.1 Å². The average molecular weight is 421 g/mol. The molecule has 1 aromatic heterocycles. The van der Waals surface area contributed by atoms with E-state index in [-0.39, 0.29) is 17.4 Å². The second-order valence-corrected chi connectivity index (χ2v) is 10.4. The molecule has 0 radical (unpaired) electrons. The van der Waals surface area contributed by atoms with Crippen molar-refractivity contribution in [2.75, 3.05) is 39.4 Å². The van der Waals surface area contributed by atoms with E-state index in [0.717, 1.165) is 82.8 Å². The predicted octanol–water partition coefficient (Wildman–Crippen LogP) is 3.39. The fraction of sp³-hybridized carbons (Fsp3) is 0.783. The van der Waals surface area contributed by atoms with Crippen LogP contribution in [0.15, 0.2) is 6.07 Å². The number of nitrogens with zero attached hydrogens (tertiary/aromatic N) is 1. The molecular weight excluding hydrogens is 384 g/mol. The lowest BCUT2D eigenvalue weighted by Crippen LogP contribution is -2.50. The Morgan fingerprint density at radius 1 is 1.17 bits per heavy atom. The highest BCUT2D eigenvalue weighted by molar-refractivity contribution is 7.14. The van der Waals surface area contributed by atoms with E-state index in [1.54, 1.807) is 11.3 Å². The van der Waals surface area contributed by atoms with Crippen molar-refractivity contribution >= 4 is 17.2 Å². The van der Waals surface area contributed by atoms with Gasteiger partial charge in [-0.1, -0.05) is 12.8 Å². The summed E-state index contributed by atoms with van der Waals surface area (Å²) in [6, 6.07) is 2.16. The van der Waals surface area contributed by atoms with Gasteiger partial charge in [-0.15, -0.1) is 11.3 Å². The molecule has 162 valence electrons. The molecule has 0 aromatic carbocycles. The van der Waals surface area contributed by atoms with Crippen LogP contribution in [0.4, 0.5) is 0 Å². The van der Waals surface area contributed by atoms with E-state index in [2.05, 4.69) is 16.3 Å². The Labute approximate surface area is 178 Å². The summed E-state index contributed by atoms with van der Waals surface area (Å²) < 4.78 is 5.63. The number of rotatable bonds is 5. The highest BCUT2D eigenvalue weighted by Gasteiger charge is 2.36. The first kappa shape index (κ1) is 21.3. The number of carbonyl (C=O) groups excluding carboxylic acids is 1. The lowest BCUT2D eigenvalue weighted by molar-refractivity contribution is -0.0150. The number of aliphatic hydroxyl groups is 1. The van der Waals surface area contributed by atoms with Crippen LogP contribution >= 0.6 is 11.3 Å². The van der Waals surface area contributed by atoms with E-state index in [1.165, 1.54) is 36.1 Å². The molecule has 3 heterocycles. The molecule has 1 aliphatic carbocycles. The second-order valence-electron chi connectivity index (χ2n) is 9.28. The van der Waals surface area contributed by atoms with Crippen LogP contribution in [0.3, 0.4) is 0 Å². The standard InChI is InChI=1S/C23H36N2O3S/c26-19-7-11-25(12-8-19)17-23(9-13-28-14-10-23)16-24-22(27)21-15-18-5-3-1-2-4-6-20(18)29-21/h15,19,26H,1-14,16-17H2,(H,24,27). The van der Waals surface area contributed by atoms with Crippen LogP contribution < -0.4 is 5.32 Å². The number of aliphatic hydroxyl groups excluding tert-OH is 1. The molecule has 29 heavy (non-hydrogen) atoms. The number of ether oxygens (including phenoxy) is 1. The third kappa shape index (κ3) is 5.60. The topological polar surface area (TPSA) is 61.8 Å². The maximum Gasteiger partial charge on any atom is 0.261 e.